The van der Waals surface area contributed by atoms with Gasteiger partial charge in [-0.3, -0.25) is 0 Å². The molecule has 0 radical (unpaired) electrons. The number of nitrogen functional groups attached to an aromatic ring is 1. The number of nitrogens with zero attached hydrogens (tertiary/aromatic N) is 3. The van der Waals surface area contributed by atoms with Gasteiger partial charge in [-0.05, 0) is 35.4 Å². The molecule has 0 saturated heterocycles. The van der Waals surface area contributed by atoms with Gasteiger partial charge in [0.2, 0.25) is 0 Å². The molecule has 130 valence electrons. The first-order valence-electron chi connectivity index (χ1n) is 7.73. The summed E-state index contributed by atoms with van der Waals surface area (Å²) in [7, 11) is 0. The third-order valence-electron chi connectivity index (χ3n) is 3.65. The largest absolute Gasteiger partial charge is 0.382 e. The first-order valence-corrected chi connectivity index (χ1v) is 9.09. The zero-order valence-electron chi connectivity index (χ0n) is 13.6. The van der Waals surface area contributed by atoms with Crippen LogP contribution in [0.2, 0.25) is 5.02 Å². The lowest BCUT2D eigenvalue weighted by molar-refractivity contribution is 0.626. The van der Waals surface area contributed by atoms with Gasteiger partial charge in [0.1, 0.15) is 23.3 Å². The van der Waals surface area contributed by atoms with Crippen molar-refractivity contribution in [2.75, 3.05) is 5.73 Å². The van der Waals surface area contributed by atoms with Crippen molar-refractivity contribution in [2.45, 2.75) is 17.3 Å². The summed E-state index contributed by atoms with van der Waals surface area (Å²) in [6.07, 6.45) is 0.445. The molecule has 0 unspecified atom stereocenters. The molecular formula is C19H14ClFN4S. The van der Waals surface area contributed by atoms with Crippen LogP contribution in [0.25, 0.3) is 0 Å². The maximum atomic E-state index is 13.3. The number of benzene rings is 2. The zero-order chi connectivity index (χ0) is 18.5. The van der Waals surface area contributed by atoms with Gasteiger partial charge in [-0.2, -0.15) is 5.26 Å². The molecule has 7 heteroatoms. The van der Waals surface area contributed by atoms with E-state index in [1.807, 2.05) is 18.2 Å². The Bertz CT molecular complexity index is 970. The Morgan fingerprint density at radius 3 is 2.58 bits per heavy atom. The van der Waals surface area contributed by atoms with E-state index in [1.165, 1.54) is 23.9 Å². The third-order valence-corrected chi connectivity index (χ3v) is 4.82. The first-order chi connectivity index (χ1) is 12.5. The van der Waals surface area contributed by atoms with E-state index in [0.717, 1.165) is 11.1 Å². The standard InChI is InChI=1S/C19H14ClFN4S/c20-14-6-4-12(5-7-14)9-17-16(10-22)18(23)25-19(24-17)26-11-13-2-1-3-15(21)8-13/h1-8H,9,11H2,(H2,23,24,25). The second kappa shape index (κ2) is 8.17. The van der Waals surface area contributed by atoms with Crippen LogP contribution in [0.4, 0.5) is 10.2 Å². The molecule has 0 bridgehead atoms. The Morgan fingerprint density at radius 2 is 1.88 bits per heavy atom. The minimum Gasteiger partial charge on any atom is -0.382 e. The predicted molar refractivity (Wildman–Crippen MR) is 101 cm³/mol. The highest BCUT2D eigenvalue weighted by Crippen LogP contribution is 2.25. The monoisotopic (exact) mass is 384 g/mol. The molecule has 1 heterocycles. The maximum Gasteiger partial charge on any atom is 0.190 e. The van der Waals surface area contributed by atoms with Crippen molar-refractivity contribution >= 4 is 29.2 Å². The van der Waals surface area contributed by atoms with E-state index >= 15 is 0 Å². The van der Waals surface area contributed by atoms with Crippen LogP contribution in [0.3, 0.4) is 0 Å². The highest BCUT2D eigenvalue weighted by Gasteiger charge is 2.13. The number of halogens is 2. The van der Waals surface area contributed by atoms with Crippen LogP contribution in [0, 0.1) is 17.1 Å². The fourth-order valence-corrected chi connectivity index (χ4v) is 3.33. The van der Waals surface area contributed by atoms with Gasteiger partial charge in [0.05, 0.1) is 5.69 Å². The van der Waals surface area contributed by atoms with Crippen LogP contribution in [0.15, 0.2) is 53.7 Å². The quantitative estimate of drug-likeness (QED) is 0.513. The normalized spacial score (nSPS) is 10.5. The summed E-state index contributed by atoms with van der Waals surface area (Å²) in [6, 6.07) is 15.7. The second-order valence-corrected chi connectivity index (χ2v) is 6.93. The Morgan fingerprint density at radius 1 is 1.12 bits per heavy atom. The van der Waals surface area contributed by atoms with E-state index in [1.54, 1.807) is 18.2 Å². The van der Waals surface area contributed by atoms with Gasteiger partial charge in [0, 0.05) is 17.2 Å². The van der Waals surface area contributed by atoms with Gasteiger partial charge in [0.25, 0.3) is 0 Å². The molecule has 0 aliphatic heterocycles. The molecule has 0 spiro atoms. The molecule has 0 aliphatic rings. The average molecular weight is 385 g/mol. The molecule has 0 fully saturated rings. The van der Waals surface area contributed by atoms with Gasteiger partial charge in [-0.25, -0.2) is 14.4 Å². The van der Waals surface area contributed by atoms with Crippen molar-refractivity contribution in [1.29, 1.82) is 5.26 Å². The molecule has 0 aliphatic carbocycles. The molecule has 3 aromatic rings. The molecule has 1 aromatic heterocycles. The van der Waals surface area contributed by atoms with Crippen LogP contribution in [-0.2, 0) is 12.2 Å². The maximum absolute atomic E-state index is 13.3. The predicted octanol–water partition coefficient (Wildman–Crippen LogP) is 4.61. The van der Waals surface area contributed by atoms with Gasteiger partial charge in [0.15, 0.2) is 5.16 Å². The van der Waals surface area contributed by atoms with Crippen molar-refractivity contribution in [3.05, 3.63) is 81.8 Å². The summed E-state index contributed by atoms with van der Waals surface area (Å²) in [5.74, 6) is 0.365. The van der Waals surface area contributed by atoms with Gasteiger partial charge in [-0.15, -0.1) is 0 Å². The van der Waals surface area contributed by atoms with Crippen molar-refractivity contribution in [3.8, 4) is 6.07 Å². The average Bonchev–Trinajstić information content (AvgIpc) is 2.62. The van der Waals surface area contributed by atoms with E-state index in [9.17, 15) is 9.65 Å². The van der Waals surface area contributed by atoms with Gasteiger partial charge >= 0.3 is 0 Å². The van der Waals surface area contributed by atoms with Crippen molar-refractivity contribution in [3.63, 3.8) is 0 Å². The highest BCUT2D eigenvalue weighted by molar-refractivity contribution is 7.98. The SMILES string of the molecule is N#Cc1c(N)nc(SCc2cccc(F)c2)nc1Cc1ccc(Cl)cc1. The third kappa shape index (κ3) is 4.51. The molecule has 2 N–H and O–H groups in total. The number of hydrogen-bond acceptors (Lipinski definition) is 5. The van der Waals surface area contributed by atoms with E-state index in [2.05, 4.69) is 16.0 Å². The lowest BCUT2D eigenvalue weighted by atomic mass is 10.1. The molecular weight excluding hydrogens is 371 g/mol. The van der Waals surface area contributed by atoms with E-state index in [-0.39, 0.29) is 17.2 Å². The Hall–Kier alpha value is -2.62. The van der Waals surface area contributed by atoms with Crippen molar-refractivity contribution in [1.82, 2.24) is 9.97 Å². The van der Waals surface area contributed by atoms with Crippen molar-refractivity contribution in [2.24, 2.45) is 0 Å². The fraction of sp³-hybridized carbons (Fsp3) is 0.105. The number of hydrogen-bond donors (Lipinski definition) is 1. The summed E-state index contributed by atoms with van der Waals surface area (Å²) in [6.45, 7) is 0. The van der Waals surface area contributed by atoms with E-state index in [4.69, 9.17) is 17.3 Å². The fourth-order valence-electron chi connectivity index (χ4n) is 2.39. The molecule has 0 atom stereocenters. The summed E-state index contributed by atoms with van der Waals surface area (Å²) in [5, 5.41) is 10.5. The van der Waals surface area contributed by atoms with Crippen molar-refractivity contribution < 1.29 is 4.39 Å². The Kier molecular flexibility index (Phi) is 5.71. The number of thioether (sulfide) groups is 1. The van der Waals surface area contributed by atoms with Gasteiger partial charge in [-0.1, -0.05) is 47.6 Å². The molecule has 3 rings (SSSR count). The summed E-state index contributed by atoms with van der Waals surface area (Å²) < 4.78 is 13.3. The van der Waals surface area contributed by atoms with Crippen LogP contribution >= 0.6 is 23.4 Å². The topological polar surface area (TPSA) is 75.6 Å². The minimum atomic E-state index is -0.285. The molecule has 2 aromatic carbocycles. The summed E-state index contributed by atoms with van der Waals surface area (Å²) in [5.41, 5.74) is 8.55. The Balaban J connectivity index is 1.84. The van der Waals surface area contributed by atoms with E-state index < -0.39 is 0 Å². The molecule has 0 saturated carbocycles. The molecule has 4 nitrogen and oxygen atoms in total. The molecule has 0 amide bonds. The highest BCUT2D eigenvalue weighted by atomic mass is 35.5. The number of nitriles is 1. The number of nitrogens with two attached hydrogens (primary N) is 1. The summed E-state index contributed by atoms with van der Waals surface area (Å²) in [4.78, 5) is 8.67. The number of aromatic nitrogens is 2. The molecule has 26 heavy (non-hydrogen) atoms. The van der Waals surface area contributed by atoms with Crippen LogP contribution in [-0.4, -0.2) is 9.97 Å². The minimum absolute atomic E-state index is 0.146. The second-order valence-electron chi connectivity index (χ2n) is 5.55. The van der Waals surface area contributed by atoms with Crippen LogP contribution in [0.1, 0.15) is 22.4 Å². The van der Waals surface area contributed by atoms with Crippen LogP contribution < -0.4 is 5.73 Å². The lowest BCUT2D eigenvalue weighted by Crippen LogP contribution is -2.06. The first kappa shape index (κ1) is 18.2. The Labute approximate surface area is 159 Å². The number of anilines is 1. The number of rotatable bonds is 5. The van der Waals surface area contributed by atoms with Crippen LogP contribution in [0.5, 0.6) is 0 Å². The smallest absolute Gasteiger partial charge is 0.190 e. The van der Waals surface area contributed by atoms with Gasteiger partial charge < -0.3 is 5.73 Å². The summed E-state index contributed by atoms with van der Waals surface area (Å²) >= 11 is 7.25. The lowest BCUT2D eigenvalue weighted by Gasteiger charge is -2.09. The van der Waals surface area contributed by atoms with E-state index in [0.29, 0.717) is 28.0 Å². The zero-order valence-corrected chi connectivity index (χ0v) is 15.2.